The van der Waals surface area contributed by atoms with Gasteiger partial charge in [0.1, 0.15) is 17.6 Å². The Kier molecular flexibility index (Phi) is 13.3. The minimum absolute atomic E-state index is 0.0189. The van der Waals surface area contributed by atoms with Gasteiger partial charge in [0.25, 0.3) is 0 Å². The van der Waals surface area contributed by atoms with Gasteiger partial charge >= 0.3 is 12.3 Å². The molecule has 0 aromatic heterocycles. The molecule has 13 heteroatoms. The molecule has 0 bridgehead atoms. The number of carboxylic acid groups (broad SMARTS) is 1. The van der Waals surface area contributed by atoms with Crippen molar-refractivity contribution in [3.63, 3.8) is 0 Å². The highest BCUT2D eigenvalue weighted by atomic mass is 35.5. The molecule has 2 atom stereocenters. The number of carbonyl (C=O) groups is 1. The molecule has 0 spiro atoms. The monoisotopic (exact) mass is 655 g/mol. The first kappa shape index (κ1) is 35.1. The van der Waals surface area contributed by atoms with Gasteiger partial charge < -0.3 is 24.6 Å². The first-order chi connectivity index (χ1) is 21.0. The van der Waals surface area contributed by atoms with Crippen LogP contribution >= 0.6 is 23.2 Å². The zero-order valence-electron chi connectivity index (χ0n) is 24.4. The number of methoxy groups -OCH3 is 2. The highest BCUT2D eigenvalue weighted by Gasteiger charge is 2.43. The summed E-state index contributed by atoms with van der Waals surface area (Å²) in [5, 5.41) is 14.3. The first-order valence-electron chi connectivity index (χ1n) is 13.7. The predicted molar refractivity (Wildman–Crippen MR) is 164 cm³/mol. The van der Waals surface area contributed by atoms with Crippen LogP contribution in [0.15, 0.2) is 71.7 Å². The Balaban J connectivity index is 0.000000512. The van der Waals surface area contributed by atoms with Crippen LogP contribution < -0.4 is 10.1 Å². The van der Waals surface area contributed by atoms with Crippen molar-refractivity contribution in [1.29, 1.82) is 0 Å². The number of alkyl halides is 3. The van der Waals surface area contributed by atoms with E-state index in [0.29, 0.717) is 21.2 Å². The van der Waals surface area contributed by atoms with Crippen LogP contribution in [0.1, 0.15) is 41.3 Å². The number of hydrogen-bond donors (Lipinski definition) is 2. The van der Waals surface area contributed by atoms with Crippen molar-refractivity contribution in [3.05, 3.63) is 99.0 Å². The van der Waals surface area contributed by atoms with Gasteiger partial charge in [0.05, 0.1) is 37.0 Å². The fourth-order valence-corrected chi connectivity index (χ4v) is 4.74. The molecule has 2 N–H and O–H groups in total. The van der Waals surface area contributed by atoms with Gasteiger partial charge in [0, 0.05) is 37.4 Å². The summed E-state index contributed by atoms with van der Waals surface area (Å²) in [6, 6.07) is 14.9. The second-order valence-electron chi connectivity index (χ2n) is 9.48. The summed E-state index contributed by atoms with van der Waals surface area (Å²) in [5.74, 6) is -0.131. The van der Waals surface area contributed by atoms with Gasteiger partial charge in [-0.05, 0) is 60.5 Å². The lowest BCUT2D eigenvalue weighted by Crippen LogP contribution is -2.37. The summed E-state index contributed by atoms with van der Waals surface area (Å²) in [7, 11) is 3.38. The van der Waals surface area contributed by atoms with E-state index in [9.17, 15) is 23.1 Å². The summed E-state index contributed by atoms with van der Waals surface area (Å²) in [6.07, 6.45) is -5.91. The smallest absolute Gasteiger partial charge is 0.416 e. The number of rotatable bonds is 11. The van der Waals surface area contributed by atoms with Gasteiger partial charge in [-0.1, -0.05) is 47.5 Å². The number of amides is 1. The molecule has 1 aliphatic rings. The summed E-state index contributed by atoms with van der Waals surface area (Å²) in [6.45, 7) is 5.05. The number of amidine groups is 1. The molecule has 1 heterocycles. The standard InChI is InChI=1S/C25H19Cl2F3N2O3.C6H15NO2/c1-2-35-20-13-16(25(28,29)30)7-12-19(20)23-31-21(14-3-8-17(26)9-4-14)22(32(23)24(33)34)15-5-10-18(27)11-6-15;1-8-5-3-7-4-6-9-2/h3-13,21-22H,2H2,1H3,(H,33,34);7H,3-6H2,1-2H3. The van der Waals surface area contributed by atoms with Crippen LogP contribution in [0, 0.1) is 0 Å². The van der Waals surface area contributed by atoms with E-state index in [1.54, 1.807) is 69.7 Å². The molecular weight excluding hydrogens is 622 g/mol. The van der Waals surface area contributed by atoms with E-state index >= 15 is 0 Å². The van der Waals surface area contributed by atoms with E-state index in [4.69, 9.17) is 42.4 Å². The SMILES string of the molecule is CCOc1cc(C(F)(F)F)ccc1C1=NC(c2ccc(Cl)cc2)C(c2ccc(Cl)cc2)N1C(=O)O.COCCNCCOC. The van der Waals surface area contributed by atoms with E-state index in [1.165, 1.54) is 6.07 Å². The Morgan fingerprint density at radius 1 is 0.932 bits per heavy atom. The topological polar surface area (TPSA) is 92.6 Å². The molecule has 0 aliphatic carbocycles. The molecule has 0 saturated carbocycles. The zero-order valence-corrected chi connectivity index (χ0v) is 25.9. The number of nitrogens with zero attached hydrogens (tertiary/aromatic N) is 2. The van der Waals surface area contributed by atoms with Gasteiger partial charge in [-0.15, -0.1) is 0 Å². The summed E-state index contributed by atoms with van der Waals surface area (Å²) >= 11 is 12.1. The summed E-state index contributed by atoms with van der Waals surface area (Å²) in [5.41, 5.74) is 0.521. The molecule has 0 saturated heterocycles. The van der Waals surface area contributed by atoms with Crippen LogP contribution in [0.25, 0.3) is 0 Å². The fourth-order valence-electron chi connectivity index (χ4n) is 4.49. The molecule has 44 heavy (non-hydrogen) atoms. The van der Waals surface area contributed by atoms with Crippen molar-refractivity contribution in [1.82, 2.24) is 10.2 Å². The average Bonchev–Trinajstić information content (AvgIpc) is 3.39. The number of benzene rings is 3. The van der Waals surface area contributed by atoms with E-state index in [-0.39, 0.29) is 23.8 Å². The normalized spacial score (nSPS) is 16.3. The van der Waals surface area contributed by atoms with Crippen LogP contribution in [0.5, 0.6) is 5.75 Å². The van der Waals surface area contributed by atoms with Crippen LogP contribution in [0.4, 0.5) is 18.0 Å². The number of nitrogens with one attached hydrogen (secondary N) is 1. The molecular formula is C31H34Cl2F3N3O5. The van der Waals surface area contributed by atoms with E-state index in [0.717, 1.165) is 43.3 Å². The van der Waals surface area contributed by atoms with Crippen LogP contribution in [0.2, 0.25) is 10.0 Å². The maximum Gasteiger partial charge on any atom is 0.416 e. The lowest BCUT2D eigenvalue weighted by Gasteiger charge is -2.27. The van der Waals surface area contributed by atoms with Crippen molar-refractivity contribution in [2.75, 3.05) is 47.1 Å². The Labute approximate surface area is 264 Å². The fraction of sp³-hybridized carbons (Fsp3) is 0.355. The lowest BCUT2D eigenvalue weighted by atomic mass is 9.94. The molecule has 0 fully saturated rings. The summed E-state index contributed by atoms with van der Waals surface area (Å²) < 4.78 is 55.2. The molecule has 1 amide bonds. The molecule has 4 rings (SSSR count). The molecule has 3 aromatic carbocycles. The average molecular weight is 657 g/mol. The number of aliphatic imine (C=N–C) groups is 1. The molecule has 8 nitrogen and oxygen atoms in total. The quantitative estimate of drug-likeness (QED) is 0.208. The van der Waals surface area contributed by atoms with Crippen LogP contribution in [-0.4, -0.2) is 69.1 Å². The summed E-state index contributed by atoms with van der Waals surface area (Å²) in [4.78, 5) is 18.3. The molecule has 3 aromatic rings. The zero-order chi connectivity index (χ0) is 32.3. The van der Waals surface area contributed by atoms with Crippen LogP contribution in [0.3, 0.4) is 0 Å². The van der Waals surface area contributed by atoms with Crippen molar-refractivity contribution in [2.45, 2.75) is 25.2 Å². The first-order valence-corrected chi connectivity index (χ1v) is 14.4. The van der Waals surface area contributed by atoms with Gasteiger partial charge in [0.2, 0.25) is 0 Å². The molecule has 0 radical (unpaired) electrons. The third-order valence-electron chi connectivity index (χ3n) is 6.51. The van der Waals surface area contributed by atoms with E-state index in [2.05, 4.69) is 5.32 Å². The second-order valence-corrected chi connectivity index (χ2v) is 10.3. The Bertz CT molecular complexity index is 1380. The Morgan fingerprint density at radius 3 is 1.95 bits per heavy atom. The van der Waals surface area contributed by atoms with Gasteiger partial charge in [-0.3, -0.25) is 9.89 Å². The van der Waals surface area contributed by atoms with Gasteiger partial charge in [0.15, 0.2) is 0 Å². The highest BCUT2D eigenvalue weighted by molar-refractivity contribution is 6.30. The van der Waals surface area contributed by atoms with Gasteiger partial charge in [-0.2, -0.15) is 13.2 Å². The third kappa shape index (κ3) is 9.33. The van der Waals surface area contributed by atoms with E-state index in [1.807, 2.05) is 0 Å². The maximum absolute atomic E-state index is 13.3. The van der Waals surface area contributed by atoms with Crippen molar-refractivity contribution < 1.29 is 37.3 Å². The largest absolute Gasteiger partial charge is 0.493 e. The van der Waals surface area contributed by atoms with Crippen molar-refractivity contribution in [2.24, 2.45) is 4.99 Å². The third-order valence-corrected chi connectivity index (χ3v) is 7.02. The van der Waals surface area contributed by atoms with E-state index < -0.39 is 29.9 Å². The Morgan fingerprint density at radius 2 is 1.48 bits per heavy atom. The predicted octanol–water partition coefficient (Wildman–Crippen LogP) is 7.50. The second kappa shape index (κ2) is 16.6. The minimum atomic E-state index is -4.59. The number of halogens is 5. The highest BCUT2D eigenvalue weighted by Crippen LogP contribution is 2.45. The number of hydrogen-bond acceptors (Lipinski definition) is 6. The number of ether oxygens (including phenoxy) is 3. The van der Waals surface area contributed by atoms with Crippen molar-refractivity contribution in [3.8, 4) is 5.75 Å². The van der Waals surface area contributed by atoms with Crippen molar-refractivity contribution >= 4 is 35.1 Å². The van der Waals surface area contributed by atoms with Gasteiger partial charge in [-0.25, -0.2) is 4.79 Å². The lowest BCUT2D eigenvalue weighted by molar-refractivity contribution is -0.137. The molecule has 1 aliphatic heterocycles. The Hall–Kier alpha value is -3.35. The molecule has 238 valence electrons. The maximum atomic E-state index is 13.3. The molecule has 2 unspecified atom stereocenters. The minimum Gasteiger partial charge on any atom is -0.493 e. The van der Waals surface area contributed by atoms with Crippen LogP contribution in [-0.2, 0) is 15.7 Å².